The van der Waals surface area contributed by atoms with Gasteiger partial charge in [-0.2, -0.15) is 0 Å². The standard InChI is InChI=1S/C18H21NO2/c1-13(2)21-18-10-6-5-9-16(18)19-17-12-20-11-14-7-3-4-8-15(14)17/h3-10,13,17,19H,11-12H2,1-2H3. The zero-order valence-electron chi connectivity index (χ0n) is 12.5. The average molecular weight is 283 g/mol. The molecule has 0 radical (unpaired) electrons. The summed E-state index contributed by atoms with van der Waals surface area (Å²) in [6.45, 7) is 5.44. The summed E-state index contributed by atoms with van der Waals surface area (Å²) in [5.41, 5.74) is 3.57. The molecule has 0 spiro atoms. The first kappa shape index (κ1) is 14.0. The van der Waals surface area contributed by atoms with Crippen LogP contribution in [0.4, 0.5) is 5.69 Å². The second kappa shape index (κ2) is 6.19. The number of anilines is 1. The number of fused-ring (bicyclic) bond motifs is 1. The monoisotopic (exact) mass is 283 g/mol. The molecule has 1 aliphatic heterocycles. The van der Waals surface area contributed by atoms with Crippen LogP contribution < -0.4 is 10.1 Å². The maximum absolute atomic E-state index is 5.87. The van der Waals surface area contributed by atoms with Crippen molar-refractivity contribution >= 4 is 5.69 Å². The van der Waals surface area contributed by atoms with Crippen molar-refractivity contribution in [2.45, 2.75) is 32.6 Å². The molecule has 110 valence electrons. The largest absolute Gasteiger partial charge is 0.489 e. The minimum Gasteiger partial charge on any atom is -0.489 e. The third kappa shape index (κ3) is 3.19. The number of nitrogens with one attached hydrogen (secondary N) is 1. The summed E-state index contributed by atoms with van der Waals surface area (Å²) in [5.74, 6) is 0.885. The smallest absolute Gasteiger partial charge is 0.142 e. The molecule has 1 heterocycles. The lowest BCUT2D eigenvalue weighted by atomic mass is 9.99. The highest BCUT2D eigenvalue weighted by molar-refractivity contribution is 5.58. The van der Waals surface area contributed by atoms with E-state index in [1.165, 1.54) is 11.1 Å². The minimum atomic E-state index is 0.155. The van der Waals surface area contributed by atoms with Gasteiger partial charge in [0.15, 0.2) is 0 Å². The van der Waals surface area contributed by atoms with E-state index in [1.807, 2.05) is 32.0 Å². The minimum absolute atomic E-state index is 0.155. The van der Waals surface area contributed by atoms with Gasteiger partial charge in [-0.05, 0) is 37.1 Å². The Morgan fingerprint density at radius 1 is 1.10 bits per heavy atom. The zero-order chi connectivity index (χ0) is 14.7. The SMILES string of the molecule is CC(C)Oc1ccccc1NC1COCc2ccccc21. The Morgan fingerprint density at radius 2 is 1.86 bits per heavy atom. The predicted molar refractivity (Wildman–Crippen MR) is 84.7 cm³/mol. The van der Waals surface area contributed by atoms with Crippen LogP contribution in [0.15, 0.2) is 48.5 Å². The lowest BCUT2D eigenvalue weighted by molar-refractivity contribution is 0.0969. The molecular formula is C18H21NO2. The van der Waals surface area contributed by atoms with Crippen LogP contribution in [0.5, 0.6) is 5.75 Å². The molecule has 0 aliphatic carbocycles. The van der Waals surface area contributed by atoms with Crippen molar-refractivity contribution in [3.05, 3.63) is 59.7 Å². The van der Waals surface area contributed by atoms with Crippen LogP contribution in [-0.4, -0.2) is 12.7 Å². The van der Waals surface area contributed by atoms with Crippen LogP contribution in [-0.2, 0) is 11.3 Å². The highest BCUT2D eigenvalue weighted by Crippen LogP contribution is 2.32. The van der Waals surface area contributed by atoms with E-state index >= 15 is 0 Å². The highest BCUT2D eigenvalue weighted by atomic mass is 16.5. The molecule has 1 unspecified atom stereocenters. The van der Waals surface area contributed by atoms with Crippen molar-refractivity contribution < 1.29 is 9.47 Å². The van der Waals surface area contributed by atoms with Gasteiger partial charge in [0.2, 0.25) is 0 Å². The first-order valence-corrected chi connectivity index (χ1v) is 7.42. The van der Waals surface area contributed by atoms with E-state index in [-0.39, 0.29) is 12.1 Å². The van der Waals surface area contributed by atoms with Crippen molar-refractivity contribution in [2.24, 2.45) is 0 Å². The molecule has 1 N–H and O–H groups in total. The molecule has 3 rings (SSSR count). The van der Waals surface area contributed by atoms with Gasteiger partial charge in [-0.15, -0.1) is 0 Å². The summed E-state index contributed by atoms with van der Waals surface area (Å²) < 4.78 is 11.6. The van der Waals surface area contributed by atoms with E-state index in [2.05, 4.69) is 35.6 Å². The number of ether oxygens (including phenoxy) is 2. The normalized spacial score (nSPS) is 17.4. The maximum Gasteiger partial charge on any atom is 0.142 e. The van der Waals surface area contributed by atoms with Gasteiger partial charge >= 0.3 is 0 Å². The molecule has 1 aliphatic rings. The third-order valence-electron chi connectivity index (χ3n) is 3.55. The Labute approximate surface area is 125 Å². The van der Waals surface area contributed by atoms with Crippen LogP contribution in [0.3, 0.4) is 0 Å². The van der Waals surface area contributed by atoms with E-state index in [4.69, 9.17) is 9.47 Å². The van der Waals surface area contributed by atoms with Crippen LogP contribution in [0.1, 0.15) is 31.0 Å². The van der Waals surface area contributed by atoms with Gasteiger partial charge < -0.3 is 14.8 Å². The maximum atomic E-state index is 5.87. The molecule has 3 nitrogen and oxygen atoms in total. The van der Waals surface area contributed by atoms with Crippen LogP contribution in [0.25, 0.3) is 0 Å². The number of benzene rings is 2. The molecule has 2 aromatic rings. The fraction of sp³-hybridized carbons (Fsp3) is 0.333. The topological polar surface area (TPSA) is 30.5 Å². The van der Waals surface area contributed by atoms with Crippen molar-refractivity contribution in [3.8, 4) is 5.75 Å². The molecule has 3 heteroatoms. The Morgan fingerprint density at radius 3 is 2.71 bits per heavy atom. The number of para-hydroxylation sites is 2. The summed E-state index contributed by atoms with van der Waals surface area (Å²) in [5, 5.41) is 3.56. The Bertz CT molecular complexity index is 610. The van der Waals surface area contributed by atoms with Crippen LogP contribution >= 0.6 is 0 Å². The van der Waals surface area contributed by atoms with E-state index < -0.39 is 0 Å². The summed E-state index contributed by atoms with van der Waals surface area (Å²) in [6.07, 6.45) is 0.155. The van der Waals surface area contributed by atoms with E-state index in [1.54, 1.807) is 0 Å². The van der Waals surface area contributed by atoms with Crippen molar-refractivity contribution in [3.63, 3.8) is 0 Å². The average Bonchev–Trinajstić information content (AvgIpc) is 2.49. The Hall–Kier alpha value is -2.00. The quantitative estimate of drug-likeness (QED) is 0.914. The molecular weight excluding hydrogens is 262 g/mol. The van der Waals surface area contributed by atoms with Gasteiger partial charge in [0.05, 0.1) is 31.0 Å². The number of hydrogen-bond acceptors (Lipinski definition) is 3. The first-order valence-electron chi connectivity index (χ1n) is 7.42. The second-order valence-electron chi connectivity index (χ2n) is 5.57. The van der Waals surface area contributed by atoms with Crippen molar-refractivity contribution in [1.82, 2.24) is 0 Å². The molecule has 0 saturated carbocycles. The second-order valence-corrected chi connectivity index (χ2v) is 5.57. The number of hydrogen-bond donors (Lipinski definition) is 1. The molecule has 0 aromatic heterocycles. The van der Waals surface area contributed by atoms with Crippen LogP contribution in [0.2, 0.25) is 0 Å². The zero-order valence-corrected chi connectivity index (χ0v) is 12.5. The molecule has 0 amide bonds. The van der Waals surface area contributed by atoms with E-state index in [0.717, 1.165) is 11.4 Å². The summed E-state index contributed by atoms with van der Waals surface area (Å²) in [7, 11) is 0. The van der Waals surface area contributed by atoms with Gasteiger partial charge in [0, 0.05) is 0 Å². The molecule has 21 heavy (non-hydrogen) atoms. The van der Waals surface area contributed by atoms with Crippen LogP contribution in [0, 0.1) is 0 Å². The van der Waals surface area contributed by atoms with Gasteiger partial charge in [-0.3, -0.25) is 0 Å². The van der Waals surface area contributed by atoms with Gasteiger partial charge in [0.1, 0.15) is 5.75 Å². The fourth-order valence-electron chi connectivity index (χ4n) is 2.63. The molecule has 0 saturated heterocycles. The van der Waals surface area contributed by atoms with Crippen molar-refractivity contribution in [1.29, 1.82) is 0 Å². The van der Waals surface area contributed by atoms with Gasteiger partial charge in [0.25, 0.3) is 0 Å². The Kier molecular flexibility index (Phi) is 4.11. The third-order valence-corrected chi connectivity index (χ3v) is 3.55. The van der Waals surface area contributed by atoms with E-state index in [9.17, 15) is 0 Å². The number of rotatable bonds is 4. The van der Waals surface area contributed by atoms with Gasteiger partial charge in [-0.1, -0.05) is 36.4 Å². The Balaban J connectivity index is 1.85. The van der Waals surface area contributed by atoms with Crippen molar-refractivity contribution in [2.75, 3.05) is 11.9 Å². The van der Waals surface area contributed by atoms with E-state index in [0.29, 0.717) is 13.2 Å². The fourth-order valence-corrected chi connectivity index (χ4v) is 2.63. The predicted octanol–water partition coefficient (Wildman–Crippen LogP) is 4.16. The molecule has 0 fully saturated rings. The first-order chi connectivity index (χ1) is 10.2. The molecule has 2 aromatic carbocycles. The molecule has 0 bridgehead atoms. The summed E-state index contributed by atoms with van der Waals surface area (Å²) in [4.78, 5) is 0. The lowest BCUT2D eigenvalue weighted by Crippen LogP contribution is -2.23. The summed E-state index contributed by atoms with van der Waals surface area (Å²) in [6, 6.07) is 16.6. The molecule has 1 atom stereocenters. The van der Waals surface area contributed by atoms with Gasteiger partial charge in [-0.25, -0.2) is 0 Å². The lowest BCUT2D eigenvalue weighted by Gasteiger charge is -2.28. The highest BCUT2D eigenvalue weighted by Gasteiger charge is 2.21. The summed E-state index contributed by atoms with van der Waals surface area (Å²) >= 11 is 0.